The van der Waals surface area contributed by atoms with Crippen molar-refractivity contribution in [3.05, 3.63) is 23.8 Å². The van der Waals surface area contributed by atoms with Gasteiger partial charge in [-0.15, -0.1) is 0 Å². The Morgan fingerprint density at radius 2 is 1.81 bits per heavy atom. The summed E-state index contributed by atoms with van der Waals surface area (Å²) in [7, 11) is 1.28. The summed E-state index contributed by atoms with van der Waals surface area (Å²) < 4.78 is 4.48. The van der Waals surface area contributed by atoms with Gasteiger partial charge in [0.15, 0.2) is 0 Å². The van der Waals surface area contributed by atoms with Crippen LogP contribution in [0.3, 0.4) is 0 Å². The molecular formula is C15H20N2O4. The molecule has 0 bridgehead atoms. The van der Waals surface area contributed by atoms with Crippen LogP contribution in [0.5, 0.6) is 0 Å². The molecule has 0 spiro atoms. The lowest BCUT2D eigenvalue weighted by molar-refractivity contribution is -0.141. The van der Waals surface area contributed by atoms with E-state index in [0.29, 0.717) is 17.8 Å². The van der Waals surface area contributed by atoms with E-state index in [1.54, 1.807) is 25.1 Å². The van der Waals surface area contributed by atoms with Crippen molar-refractivity contribution in [3.8, 4) is 0 Å². The molecule has 0 aliphatic rings. The van der Waals surface area contributed by atoms with E-state index >= 15 is 0 Å². The second kappa shape index (κ2) is 8.04. The van der Waals surface area contributed by atoms with E-state index in [2.05, 4.69) is 15.4 Å². The maximum atomic E-state index is 11.7. The zero-order valence-corrected chi connectivity index (χ0v) is 12.5. The Morgan fingerprint density at radius 3 is 2.43 bits per heavy atom. The molecule has 1 aromatic carbocycles. The van der Waals surface area contributed by atoms with E-state index in [1.165, 1.54) is 7.11 Å². The summed E-state index contributed by atoms with van der Waals surface area (Å²) in [6, 6.07) is 5.24. The first-order valence-electron chi connectivity index (χ1n) is 6.73. The number of carbonyl (C=O) groups excluding carboxylic acids is 3. The second-order valence-electron chi connectivity index (χ2n) is 4.56. The maximum Gasteiger partial charge on any atom is 0.306 e. The normalized spacial score (nSPS) is 9.86. The first-order valence-corrected chi connectivity index (χ1v) is 6.73. The van der Waals surface area contributed by atoms with Gasteiger partial charge >= 0.3 is 5.97 Å². The Kier molecular flexibility index (Phi) is 6.39. The lowest BCUT2D eigenvalue weighted by Gasteiger charge is -2.11. The summed E-state index contributed by atoms with van der Waals surface area (Å²) in [6.45, 7) is 3.64. The van der Waals surface area contributed by atoms with Crippen molar-refractivity contribution in [1.29, 1.82) is 0 Å². The van der Waals surface area contributed by atoms with Gasteiger partial charge in [-0.05, 0) is 24.6 Å². The molecule has 0 aliphatic carbocycles. The average Bonchev–Trinajstić information content (AvgIpc) is 2.47. The Labute approximate surface area is 123 Å². The molecular weight excluding hydrogens is 272 g/mol. The molecule has 0 heterocycles. The quantitative estimate of drug-likeness (QED) is 0.787. The summed E-state index contributed by atoms with van der Waals surface area (Å²) in [5, 5.41) is 5.45. The zero-order valence-electron chi connectivity index (χ0n) is 12.5. The summed E-state index contributed by atoms with van der Waals surface area (Å²) in [4.78, 5) is 34.1. The van der Waals surface area contributed by atoms with E-state index in [9.17, 15) is 14.4 Å². The minimum atomic E-state index is -0.426. The molecule has 0 atom stereocenters. The van der Waals surface area contributed by atoms with Gasteiger partial charge in [0, 0.05) is 24.2 Å². The zero-order chi connectivity index (χ0) is 15.8. The fourth-order valence-corrected chi connectivity index (χ4v) is 1.61. The van der Waals surface area contributed by atoms with Crippen LogP contribution in [0.4, 0.5) is 11.4 Å². The molecule has 0 fully saturated rings. The smallest absolute Gasteiger partial charge is 0.306 e. The van der Waals surface area contributed by atoms with Gasteiger partial charge < -0.3 is 15.4 Å². The van der Waals surface area contributed by atoms with Crippen LogP contribution in [0.1, 0.15) is 31.7 Å². The molecule has 2 amide bonds. The van der Waals surface area contributed by atoms with Crippen molar-refractivity contribution in [2.24, 2.45) is 0 Å². The average molecular weight is 292 g/mol. The summed E-state index contributed by atoms with van der Waals surface area (Å²) in [5.41, 5.74) is 2.14. The van der Waals surface area contributed by atoms with Crippen molar-refractivity contribution in [2.75, 3.05) is 17.7 Å². The molecule has 0 aliphatic heterocycles. The molecule has 0 saturated carbocycles. The van der Waals surface area contributed by atoms with Gasteiger partial charge in [0.2, 0.25) is 11.8 Å². The number of anilines is 2. The molecule has 0 saturated heterocycles. The monoisotopic (exact) mass is 292 g/mol. The Balaban J connectivity index is 2.67. The van der Waals surface area contributed by atoms with Gasteiger partial charge in [0.25, 0.3) is 0 Å². The molecule has 1 rings (SSSR count). The van der Waals surface area contributed by atoms with E-state index in [-0.39, 0.29) is 24.7 Å². The number of hydrogen-bond acceptors (Lipinski definition) is 4. The van der Waals surface area contributed by atoms with Crippen LogP contribution < -0.4 is 10.6 Å². The van der Waals surface area contributed by atoms with Crippen LogP contribution in [-0.4, -0.2) is 24.9 Å². The van der Waals surface area contributed by atoms with Crippen molar-refractivity contribution in [1.82, 2.24) is 0 Å². The lowest BCUT2D eigenvalue weighted by atomic mass is 10.1. The standard InChI is InChI=1S/C15H20N2O4/c1-4-13(18)17-12-9-11(6-5-10(12)2)16-14(19)7-8-15(20)21-3/h5-6,9H,4,7-8H2,1-3H3,(H,16,19)(H,17,18). The number of benzene rings is 1. The summed E-state index contributed by atoms with van der Waals surface area (Å²) in [6.07, 6.45) is 0.472. The molecule has 114 valence electrons. The van der Waals surface area contributed by atoms with Crippen LogP contribution in [0.2, 0.25) is 0 Å². The van der Waals surface area contributed by atoms with Gasteiger partial charge in [0.1, 0.15) is 0 Å². The van der Waals surface area contributed by atoms with Crippen molar-refractivity contribution in [3.63, 3.8) is 0 Å². The number of carbonyl (C=O) groups is 3. The third-order valence-corrected chi connectivity index (χ3v) is 2.90. The number of nitrogens with one attached hydrogen (secondary N) is 2. The van der Waals surface area contributed by atoms with Crippen LogP contribution >= 0.6 is 0 Å². The SMILES string of the molecule is CCC(=O)Nc1cc(NC(=O)CCC(=O)OC)ccc1C. The minimum absolute atomic E-state index is 0.0353. The highest BCUT2D eigenvalue weighted by atomic mass is 16.5. The van der Waals surface area contributed by atoms with Crippen LogP contribution in [0.15, 0.2) is 18.2 Å². The minimum Gasteiger partial charge on any atom is -0.469 e. The fourth-order valence-electron chi connectivity index (χ4n) is 1.61. The summed E-state index contributed by atoms with van der Waals surface area (Å²) >= 11 is 0. The molecule has 2 N–H and O–H groups in total. The maximum absolute atomic E-state index is 11.7. The number of esters is 1. The number of ether oxygens (including phenoxy) is 1. The second-order valence-corrected chi connectivity index (χ2v) is 4.56. The first-order chi connectivity index (χ1) is 9.96. The van der Waals surface area contributed by atoms with E-state index < -0.39 is 5.97 Å². The molecule has 0 unspecified atom stereocenters. The molecule has 6 heteroatoms. The van der Waals surface area contributed by atoms with Gasteiger partial charge in [0.05, 0.1) is 13.5 Å². The Hall–Kier alpha value is -2.37. The van der Waals surface area contributed by atoms with E-state index in [4.69, 9.17) is 0 Å². The van der Waals surface area contributed by atoms with E-state index in [0.717, 1.165) is 5.56 Å². The topological polar surface area (TPSA) is 84.5 Å². The van der Waals surface area contributed by atoms with Crippen LogP contribution in [-0.2, 0) is 19.1 Å². The third-order valence-electron chi connectivity index (χ3n) is 2.90. The molecule has 0 radical (unpaired) electrons. The van der Waals surface area contributed by atoms with Crippen LogP contribution in [0, 0.1) is 6.92 Å². The fraction of sp³-hybridized carbons (Fsp3) is 0.400. The Morgan fingerprint density at radius 1 is 1.10 bits per heavy atom. The van der Waals surface area contributed by atoms with Crippen molar-refractivity contribution < 1.29 is 19.1 Å². The van der Waals surface area contributed by atoms with Gasteiger partial charge in [-0.25, -0.2) is 0 Å². The highest BCUT2D eigenvalue weighted by Gasteiger charge is 2.09. The molecule has 0 aromatic heterocycles. The van der Waals surface area contributed by atoms with Gasteiger partial charge in [-0.1, -0.05) is 13.0 Å². The number of amides is 2. The highest BCUT2D eigenvalue weighted by molar-refractivity contribution is 5.95. The van der Waals surface area contributed by atoms with Crippen molar-refractivity contribution in [2.45, 2.75) is 33.1 Å². The number of rotatable bonds is 6. The van der Waals surface area contributed by atoms with Gasteiger partial charge in [-0.3, -0.25) is 14.4 Å². The first kappa shape index (κ1) is 16.7. The number of methoxy groups -OCH3 is 1. The lowest BCUT2D eigenvalue weighted by Crippen LogP contribution is -2.15. The Bertz CT molecular complexity index is 540. The molecule has 21 heavy (non-hydrogen) atoms. The van der Waals surface area contributed by atoms with E-state index in [1.807, 2.05) is 6.92 Å². The predicted molar refractivity (Wildman–Crippen MR) is 80.0 cm³/mol. The summed E-state index contributed by atoms with van der Waals surface area (Å²) in [5.74, 6) is -0.797. The molecule has 6 nitrogen and oxygen atoms in total. The number of aryl methyl sites for hydroxylation is 1. The van der Waals surface area contributed by atoms with Crippen molar-refractivity contribution >= 4 is 29.2 Å². The molecule has 1 aromatic rings. The third kappa shape index (κ3) is 5.64. The van der Waals surface area contributed by atoms with Gasteiger partial charge in [-0.2, -0.15) is 0 Å². The van der Waals surface area contributed by atoms with Crippen LogP contribution in [0.25, 0.3) is 0 Å². The highest BCUT2D eigenvalue weighted by Crippen LogP contribution is 2.20. The number of hydrogen-bond donors (Lipinski definition) is 2. The largest absolute Gasteiger partial charge is 0.469 e. The predicted octanol–water partition coefficient (Wildman–Crippen LogP) is 2.24.